The quantitative estimate of drug-likeness (QED) is 0.220. The number of H-pyrrole nitrogens is 2. The van der Waals surface area contributed by atoms with E-state index in [0.29, 0.717) is 12.3 Å². The van der Waals surface area contributed by atoms with Gasteiger partial charge in [0, 0.05) is 28.9 Å². The minimum atomic E-state index is -0.633. The summed E-state index contributed by atoms with van der Waals surface area (Å²) in [4.78, 5) is 17.2. The predicted molar refractivity (Wildman–Crippen MR) is 145 cm³/mol. The van der Waals surface area contributed by atoms with Gasteiger partial charge in [-0.3, -0.25) is 10.1 Å². The number of hydrogen-bond donors (Lipinski definition) is 4. The van der Waals surface area contributed by atoms with Gasteiger partial charge in [0.05, 0.1) is 46.5 Å². The molecule has 0 aliphatic heterocycles. The highest BCUT2D eigenvalue weighted by Crippen LogP contribution is 2.32. The van der Waals surface area contributed by atoms with Gasteiger partial charge in [0.25, 0.3) is 0 Å². The lowest BCUT2D eigenvalue weighted by atomic mass is 10.1. The minimum absolute atomic E-state index is 0.381. The summed E-state index contributed by atoms with van der Waals surface area (Å²) in [6, 6.07) is 14.1. The molecule has 0 saturated heterocycles. The van der Waals surface area contributed by atoms with Crippen molar-refractivity contribution in [2.24, 2.45) is 5.92 Å². The maximum absolute atomic E-state index is 10.3. The SMILES string of the molecule is Cc1cn(-c2cccc3[nH]c(-c4n[nH]c5ccc(-c6cncc(NC(O)CC(C)C)c6)nc45)cc23)cn1. The summed E-state index contributed by atoms with van der Waals surface area (Å²) in [6.45, 7) is 6.13. The molecular formula is C28H28N8O. The van der Waals surface area contributed by atoms with E-state index in [2.05, 4.69) is 62.5 Å². The fourth-order valence-electron chi connectivity index (χ4n) is 4.65. The molecule has 6 rings (SSSR count). The molecule has 1 aromatic carbocycles. The molecule has 4 N–H and O–H groups in total. The largest absolute Gasteiger partial charge is 0.374 e. The Labute approximate surface area is 213 Å². The van der Waals surface area contributed by atoms with Crippen LogP contribution in [0.1, 0.15) is 26.0 Å². The summed E-state index contributed by atoms with van der Waals surface area (Å²) >= 11 is 0. The third-order valence-corrected chi connectivity index (χ3v) is 6.36. The molecule has 0 saturated carbocycles. The van der Waals surface area contributed by atoms with Gasteiger partial charge in [-0.2, -0.15) is 5.10 Å². The van der Waals surface area contributed by atoms with Crippen LogP contribution in [0.25, 0.3) is 50.3 Å². The molecule has 0 bridgehead atoms. The second-order valence-electron chi connectivity index (χ2n) is 9.76. The third-order valence-electron chi connectivity index (χ3n) is 6.36. The second-order valence-corrected chi connectivity index (χ2v) is 9.76. The van der Waals surface area contributed by atoms with Gasteiger partial charge in [-0.15, -0.1) is 0 Å². The zero-order valence-electron chi connectivity index (χ0n) is 20.9. The number of rotatable bonds is 7. The number of hydrogen-bond acceptors (Lipinski definition) is 6. The average molecular weight is 493 g/mol. The lowest BCUT2D eigenvalue weighted by Gasteiger charge is -2.16. The Morgan fingerprint density at radius 2 is 1.97 bits per heavy atom. The van der Waals surface area contributed by atoms with Crippen molar-refractivity contribution >= 4 is 27.6 Å². The molecule has 37 heavy (non-hydrogen) atoms. The van der Waals surface area contributed by atoms with Crippen molar-refractivity contribution < 1.29 is 5.11 Å². The van der Waals surface area contributed by atoms with Crippen molar-refractivity contribution in [3.63, 3.8) is 0 Å². The number of aliphatic hydroxyl groups is 1. The van der Waals surface area contributed by atoms with Crippen LogP contribution in [0.5, 0.6) is 0 Å². The van der Waals surface area contributed by atoms with Crippen LogP contribution in [0.15, 0.2) is 67.4 Å². The van der Waals surface area contributed by atoms with Crippen molar-refractivity contribution in [3.05, 3.63) is 73.1 Å². The predicted octanol–water partition coefficient (Wildman–Crippen LogP) is 5.44. The van der Waals surface area contributed by atoms with E-state index < -0.39 is 6.23 Å². The van der Waals surface area contributed by atoms with Crippen molar-refractivity contribution in [2.45, 2.75) is 33.4 Å². The van der Waals surface area contributed by atoms with E-state index in [0.717, 1.165) is 61.7 Å². The Morgan fingerprint density at radius 1 is 1.08 bits per heavy atom. The number of nitrogens with zero attached hydrogens (tertiary/aromatic N) is 5. The van der Waals surface area contributed by atoms with Crippen molar-refractivity contribution in [1.29, 1.82) is 0 Å². The summed E-state index contributed by atoms with van der Waals surface area (Å²) in [6.07, 6.45) is 7.34. The number of aromatic amines is 2. The number of imidazole rings is 1. The topological polar surface area (TPSA) is 120 Å². The zero-order valence-corrected chi connectivity index (χ0v) is 20.9. The first-order chi connectivity index (χ1) is 17.9. The van der Waals surface area contributed by atoms with E-state index in [-0.39, 0.29) is 0 Å². The Kier molecular flexibility index (Phi) is 5.69. The van der Waals surface area contributed by atoms with Crippen LogP contribution in [-0.2, 0) is 0 Å². The fourth-order valence-corrected chi connectivity index (χ4v) is 4.65. The van der Waals surface area contributed by atoms with Crippen LogP contribution in [0, 0.1) is 12.8 Å². The van der Waals surface area contributed by atoms with Gasteiger partial charge in [0.15, 0.2) is 0 Å². The molecule has 1 atom stereocenters. The van der Waals surface area contributed by atoms with E-state index in [1.165, 1.54) is 0 Å². The molecule has 1 unspecified atom stereocenters. The third kappa shape index (κ3) is 4.45. The van der Waals surface area contributed by atoms with Crippen LogP contribution < -0.4 is 5.32 Å². The lowest BCUT2D eigenvalue weighted by molar-refractivity contribution is 0.176. The second kappa shape index (κ2) is 9.18. The highest BCUT2D eigenvalue weighted by molar-refractivity contribution is 5.97. The average Bonchev–Trinajstić information content (AvgIpc) is 3.60. The molecule has 6 aromatic rings. The van der Waals surface area contributed by atoms with E-state index in [1.807, 2.05) is 48.3 Å². The number of benzene rings is 1. The van der Waals surface area contributed by atoms with Crippen molar-refractivity contribution in [3.8, 4) is 28.3 Å². The monoisotopic (exact) mass is 492 g/mol. The molecule has 0 radical (unpaired) electrons. The standard InChI is InChI=1S/C28H28N8O/c1-16(2)9-26(37)31-19-10-18(12-29-13-19)21-7-8-23-27(33-21)28(35-34-23)24-11-20-22(32-24)5-4-6-25(20)36-14-17(3)30-15-36/h4-8,10-16,26,31-32,37H,9H2,1-3H3,(H,34,35). The molecule has 0 aliphatic carbocycles. The lowest BCUT2D eigenvalue weighted by Crippen LogP contribution is -2.20. The molecule has 5 heterocycles. The number of nitrogens with one attached hydrogen (secondary N) is 3. The summed E-state index contributed by atoms with van der Waals surface area (Å²) in [5.74, 6) is 0.381. The maximum Gasteiger partial charge on any atom is 0.135 e. The van der Waals surface area contributed by atoms with Gasteiger partial charge in [0.2, 0.25) is 0 Å². The van der Waals surface area contributed by atoms with Gasteiger partial charge in [0.1, 0.15) is 17.4 Å². The van der Waals surface area contributed by atoms with E-state index in [4.69, 9.17) is 4.98 Å². The van der Waals surface area contributed by atoms with Gasteiger partial charge in [-0.05, 0) is 55.7 Å². The molecule has 0 amide bonds. The Balaban J connectivity index is 1.37. The molecular weight excluding hydrogens is 464 g/mol. The fraction of sp³-hybridized carbons (Fsp3) is 0.214. The summed E-state index contributed by atoms with van der Waals surface area (Å²) in [5.41, 5.74) is 8.62. The molecule has 0 aliphatic rings. The molecule has 9 nitrogen and oxygen atoms in total. The highest BCUT2D eigenvalue weighted by Gasteiger charge is 2.16. The van der Waals surface area contributed by atoms with Crippen LogP contribution in [-0.4, -0.2) is 46.0 Å². The van der Waals surface area contributed by atoms with E-state index in [9.17, 15) is 5.11 Å². The van der Waals surface area contributed by atoms with Crippen LogP contribution in [0.4, 0.5) is 5.69 Å². The van der Waals surface area contributed by atoms with Gasteiger partial charge in [-0.25, -0.2) is 9.97 Å². The number of anilines is 1. The van der Waals surface area contributed by atoms with Crippen LogP contribution in [0.3, 0.4) is 0 Å². The minimum Gasteiger partial charge on any atom is -0.374 e. The van der Waals surface area contributed by atoms with Gasteiger partial charge < -0.3 is 20.0 Å². The van der Waals surface area contributed by atoms with E-state index >= 15 is 0 Å². The molecule has 0 fully saturated rings. The van der Waals surface area contributed by atoms with Crippen LogP contribution in [0.2, 0.25) is 0 Å². The zero-order chi connectivity index (χ0) is 25.5. The molecule has 0 spiro atoms. The first-order valence-electron chi connectivity index (χ1n) is 12.3. The first kappa shape index (κ1) is 22.9. The normalized spacial score (nSPS) is 12.6. The Morgan fingerprint density at radius 3 is 2.78 bits per heavy atom. The number of aliphatic hydroxyl groups excluding tert-OH is 1. The summed E-state index contributed by atoms with van der Waals surface area (Å²) in [5, 5.41) is 22.2. The van der Waals surface area contributed by atoms with Crippen molar-refractivity contribution in [2.75, 3.05) is 5.32 Å². The smallest absolute Gasteiger partial charge is 0.135 e. The molecule has 9 heteroatoms. The Hall–Kier alpha value is -4.50. The number of pyridine rings is 2. The number of aromatic nitrogens is 7. The summed E-state index contributed by atoms with van der Waals surface area (Å²) < 4.78 is 2.03. The Bertz CT molecular complexity index is 1710. The van der Waals surface area contributed by atoms with Gasteiger partial charge in [-0.1, -0.05) is 19.9 Å². The molecule has 5 aromatic heterocycles. The highest BCUT2D eigenvalue weighted by atomic mass is 16.3. The maximum atomic E-state index is 10.3. The first-order valence-corrected chi connectivity index (χ1v) is 12.3. The van der Waals surface area contributed by atoms with Crippen molar-refractivity contribution in [1.82, 2.24) is 34.7 Å². The number of fused-ring (bicyclic) bond motifs is 2. The van der Waals surface area contributed by atoms with Crippen LogP contribution >= 0.6 is 0 Å². The molecule has 186 valence electrons. The van der Waals surface area contributed by atoms with Gasteiger partial charge >= 0.3 is 0 Å². The number of aryl methyl sites for hydroxylation is 1. The van der Waals surface area contributed by atoms with E-state index in [1.54, 1.807) is 12.4 Å². The summed E-state index contributed by atoms with van der Waals surface area (Å²) in [7, 11) is 0.